The van der Waals surface area contributed by atoms with Crippen LogP contribution in [-0.2, 0) is 9.59 Å². The number of nitrogens with one attached hydrogen (secondary N) is 2. The van der Waals surface area contributed by atoms with Crippen LogP contribution in [-0.4, -0.2) is 35.8 Å². The van der Waals surface area contributed by atoms with E-state index in [4.69, 9.17) is 0 Å². The van der Waals surface area contributed by atoms with Crippen molar-refractivity contribution in [1.82, 2.24) is 4.90 Å². The SMILES string of the molecule is CC(=O)Nc1ccc(/C=C\C(=O)N2CC[C@H](Nc3ccccc3)C2)cc1. The third-order valence-electron chi connectivity index (χ3n) is 4.29. The highest BCUT2D eigenvalue weighted by Crippen LogP contribution is 2.16. The first-order chi connectivity index (χ1) is 12.6. The summed E-state index contributed by atoms with van der Waals surface area (Å²) in [7, 11) is 0. The number of anilines is 2. The first-order valence-corrected chi connectivity index (χ1v) is 8.76. The Labute approximate surface area is 153 Å². The molecule has 1 aliphatic heterocycles. The summed E-state index contributed by atoms with van der Waals surface area (Å²) in [5.41, 5.74) is 2.75. The van der Waals surface area contributed by atoms with Crippen LogP contribution in [0.15, 0.2) is 60.7 Å². The molecule has 1 fully saturated rings. The van der Waals surface area contributed by atoms with Gasteiger partial charge in [-0.2, -0.15) is 0 Å². The lowest BCUT2D eigenvalue weighted by Gasteiger charge is -2.16. The zero-order chi connectivity index (χ0) is 18.4. The Bertz CT molecular complexity index is 785. The van der Waals surface area contributed by atoms with Crippen LogP contribution in [0.4, 0.5) is 11.4 Å². The predicted octanol–water partition coefficient (Wildman–Crippen LogP) is 3.37. The minimum absolute atomic E-state index is 0.0216. The molecule has 1 atom stereocenters. The van der Waals surface area contributed by atoms with E-state index < -0.39 is 0 Å². The fourth-order valence-corrected chi connectivity index (χ4v) is 3.00. The summed E-state index contributed by atoms with van der Waals surface area (Å²) < 4.78 is 0. The molecule has 2 amide bonds. The highest BCUT2D eigenvalue weighted by molar-refractivity contribution is 5.92. The second-order valence-corrected chi connectivity index (χ2v) is 6.42. The van der Waals surface area contributed by atoms with Gasteiger partial charge in [-0.1, -0.05) is 30.3 Å². The zero-order valence-corrected chi connectivity index (χ0v) is 14.8. The second-order valence-electron chi connectivity index (χ2n) is 6.42. The molecule has 2 aromatic carbocycles. The van der Waals surface area contributed by atoms with Crippen LogP contribution in [0.5, 0.6) is 0 Å². The van der Waals surface area contributed by atoms with Gasteiger partial charge in [-0.25, -0.2) is 0 Å². The molecule has 0 aliphatic carbocycles. The van der Waals surface area contributed by atoms with Crippen molar-refractivity contribution in [3.05, 3.63) is 66.2 Å². The molecule has 0 bridgehead atoms. The lowest BCUT2D eigenvalue weighted by molar-refractivity contribution is -0.125. The van der Waals surface area contributed by atoms with Gasteiger partial charge >= 0.3 is 0 Å². The summed E-state index contributed by atoms with van der Waals surface area (Å²) in [4.78, 5) is 25.3. The predicted molar refractivity (Wildman–Crippen MR) is 105 cm³/mol. The van der Waals surface area contributed by atoms with Crippen molar-refractivity contribution in [3.63, 3.8) is 0 Å². The monoisotopic (exact) mass is 349 g/mol. The lowest BCUT2D eigenvalue weighted by atomic mass is 10.2. The van der Waals surface area contributed by atoms with Crippen molar-refractivity contribution in [2.75, 3.05) is 23.7 Å². The van der Waals surface area contributed by atoms with Gasteiger partial charge in [0.15, 0.2) is 0 Å². The third-order valence-corrected chi connectivity index (χ3v) is 4.29. The van der Waals surface area contributed by atoms with E-state index in [1.807, 2.05) is 59.5 Å². The summed E-state index contributed by atoms with van der Waals surface area (Å²) in [6.07, 6.45) is 4.36. The van der Waals surface area contributed by atoms with Gasteiger partial charge in [-0.15, -0.1) is 0 Å². The number of nitrogens with zero attached hydrogens (tertiary/aromatic N) is 1. The summed E-state index contributed by atoms with van der Waals surface area (Å²) >= 11 is 0. The molecule has 0 radical (unpaired) electrons. The molecule has 3 rings (SSSR count). The fraction of sp³-hybridized carbons (Fsp3) is 0.238. The van der Waals surface area contributed by atoms with Crippen molar-refractivity contribution < 1.29 is 9.59 Å². The standard InChI is InChI=1S/C21H23N3O2/c1-16(25)22-19-10-7-17(8-11-19)9-12-21(26)24-14-13-20(15-24)23-18-5-3-2-4-6-18/h2-12,20,23H,13-15H2,1H3,(H,22,25)/b12-9-/t20-/m0/s1. The van der Waals surface area contributed by atoms with Crippen LogP contribution in [0.3, 0.4) is 0 Å². The van der Waals surface area contributed by atoms with Gasteiger partial charge in [-0.05, 0) is 42.3 Å². The Balaban J connectivity index is 1.52. The first kappa shape index (κ1) is 17.7. The van der Waals surface area contributed by atoms with Crippen molar-refractivity contribution in [2.45, 2.75) is 19.4 Å². The van der Waals surface area contributed by atoms with Gasteiger partial charge in [-0.3, -0.25) is 9.59 Å². The molecule has 5 nitrogen and oxygen atoms in total. The van der Waals surface area contributed by atoms with Crippen molar-refractivity contribution in [2.24, 2.45) is 0 Å². The van der Waals surface area contributed by atoms with E-state index in [2.05, 4.69) is 10.6 Å². The molecule has 2 N–H and O–H groups in total. The molecule has 2 aromatic rings. The number of benzene rings is 2. The minimum atomic E-state index is -0.101. The Morgan fingerprint density at radius 2 is 1.77 bits per heavy atom. The summed E-state index contributed by atoms with van der Waals surface area (Å²) in [5, 5.41) is 6.19. The molecule has 5 heteroatoms. The number of carbonyl (C=O) groups excluding carboxylic acids is 2. The van der Waals surface area contributed by atoms with E-state index in [1.54, 1.807) is 12.2 Å². The highest BCUT2D eigenvalue weighted by Gasteiger charge is 2.24. The number of carbonyl (C=O) groups is 2. The number of amides is 2. The number of likely N-dealkylation sites (tertiary alicyclic amines) is 1. The lowest BCUT2D eigenvalue weighted by Crippen LogP contribution is -2.30. The van der Waals surface area contributed by atoms with Crippen LogP contribution in [0.25, 0.3) is 6.08 Å². The smallest absolute Gasteiger partial charge is 0.246 e. The maximum atomic E-state index is 12.4. The summed E-state index contributed by atoms with van der Waals surface area (Å²) in [6.45, 7) is 2.94. The number of hydrogen-bond acceptors (Lipinski definition) is 3. The molecular formula is C21H23N3O2. The first-order valence-electron chi connectivity index (χ1n) is 8.76. The van der Waals surface area contributed by atoms with Gasteiger partial charge in [0.05, 0.1) is 0 Å². The molecule has 0 saturated carbocycles. The highest BCUT2D eigenvalue weighted by atomic mass is 16.2. The molecule has 1 heterocycles. The topological polar surface area (TPSA) is 61.4 Å². The molecule has 1 saturated heterocycles. The Kier molecular flexibility index (Phi) is 5.69. The van der Waals surface area contributed by atoms with Crippen LogP contribution in [0.2, 0.25) is 0 Å². The molecule has 0 unspecified atom stereocenters. The van der Waals surface area contributed by atoms with Gasteiger partial charge in [0.1, 0.15) is 0 Å². The Morgan fingerprint density at radius 1 is 1.04 bits per heavy atom. The van der Waals surface area contributed by atoms with Crippen LogP contribution >= 0.6 is 0 Å². The average molecular weight is 349 g/mol. The van der Waals surface area contributed by atoms with E-state index in [1.165, 1.54) is 6.92 Å². The molecule has 0 aromatic heterocycles. The van der Waals surface area contributed by atoms with Crippen LogP contribution in [0.1, 0.15) is 18.9 Å². The molecule has 134 valence electrons. The average Bonchev–Trinajstić information content (AvgIpc) is 3.10. The van der Waals surface area contributed by atoms with Crippen molar-refractivity contribution >= 4 is 29.3 Å². The Morgan fingerprint density at radius 3 is 2.46 bits per heavy atom. The van der Waals surface area contributed by atoms with Gasteiger partial charge < -0.3 is 15.5 Å². The molecular weight excluding hydrogens is 326 g/mol. The molecule has 0 spiro atoms. The zero-order valence-electron chi connectivity index (χ0n) is 14.8. The number of para-hydroxylation sites is 1. The van der Waals surface area contributed by atoms with Crippen LogP contribution < -0.4 is 10.6 Å². The van der Waals surface area contributed by atoms with Gasteiger partial charge in [0, 0.05) is 43.5 Å². The van der Waals surface area contributed by atoms with Crippen molar-refractivity contribution in [1.29, 1.82) is 0 Å². The van der Waals surface area contributed by atoms with Crippen molar-refractivity contribution in [3.8, 4) is 0 Å². The van der Waals surface area contributed by atoms with Gasteiger partial charge in [0.25, 0.3) is 0 Å². The van der Waals surface area contributed by atoms with E-state index in [0.29, 0.717) is 6.54 Å². The normalized spacial score (nSPS) is 16.7. The number of hydrogen-bond donors (Lipinski definition) is 2. The maximum Gasteiger partial charge on any atom is 0.246 e. The van der Waals surface area contributed by atoms with E-state index in [0.717, 1.165) is 29.9 Å². The number of rotatable bonds is 5. The largest absolute Gasteiger partial charge is 0.380 e. The fourth-order valence-electron chi connectivity index (χ4n) is 3.00. The van der Waals surface area contributed by atoms with E-state index in [9.17, 15) is 9.59 Å². The minimum Gasteiger partial charge on any atom is -0.380 e. The Hall–Kier alpha value is -3.08. The maximum absolute atomic E-state index is 12.4. The summed E-state index contributed by atoms with van der Waals surface area (Å²) in [5.74, 6) is -0.0792. The van der Waals surface area contributed by atoms with Crippen LogP contribution in [0, 0.1) is 0 Å². The third kappa shape index (κ3) is 4.96. The van der Waals surface area contributed by atoms with E-state index >= 15 is 0 Å². The second kappa shape index (κ2) is 8.34. The van der Waals surface area contributed by atoms with Gasteiger partial charge in [0.2, 0.25) is 11.8 Å². The summed E-state index contributed by atoms with van der Waals surface area (Å²) in [6, 6.07) is 17.7. The molecule has 1 aliphatic rings. The van der Waals surface area contributed by atoms with E-state index in [-0.39, 0.29) is 17.9 Å². The quantitative estimate of drug-likeness (QED) is 0.814. The molecule has 26 heavy (non-hydrogen) atoms.